The highest BCUT2D eigenvalue weighted by molar-refractivity contribution is 7.98. The molecule has 0 fully saturated rings. The minimum atomic E-state index is -0.908. The quantitative estimate of drug-likeness (QED) is 0.598. The largest absolute Gasteiger partial charge is 0.494 e. The number of carbonyl (C=O) groups is 2. The number of hydrogen-bond acceptors (Lipinski definition) is 5. The fourth-order valence-electron chi connectivity index (χ4n) is 2.14. The normalized spacial score (nSPS) is 11.5. The third-order valence-corrected chi connectivity index (χ3v) is 4.21. The van der Waals surface area contributed by atoms with Crippen LogP contribution in [0, 0.1) is 0 Å². The lowest BCUT2D eigenvalue weighted by atomic mass is 10.2. The minimum Gasteiger partial charge on any atom is -0.494 e. The van der Waals surface area contributed by atoms with Gasteiger partial charge in [0.05, 0.1) is 12.2 Å². The molecule has 0 bridgehead atoms. The third kappa shape index (κ3) is 5.26. The van der Waals surface area contributed by atoms with Crippen molar-refractivity contribution in [3.05, 3.63) is 54.1 Å². The number of amides is 1. The lowest BCUT2D eigenvalue weighted by molar-refractivity contribution is -0.123. The standard InChI is InChI=1S/C19H21NO4S/c1-4-23-15-11-9-14(10-12-15)20-18(21)13(2)24-19(22)16-7-5-6-8-17(16)25-3/h5-13H,4H2,1-3H3,(H,20,21)/t13-/m1/s1. The number of rotatable bonds is 7. The average Bonchev–Trinajstić information content (AvgIpc) is 2.63. The van der Waals surface area contributed by atoms with Gasteiger partial charge in [0.1, 0.15) is 5.75 Å². The molecule has 0 spiro atoms. The summed E-state index contributed by atoms with van der Waals surface area (Å²) >= 11 is 1.45. The van der Waals surface area contributed by atoms with Crippen LogP contribution in [0.5, 0.6) is 5.75 Å². The third-order valence-electron chi connectivity index (χ3n) is 3.41. The molecule has 0 heterocycles. The molecule has 1 atom stereocenters. The molecule has 0 unspecified atom stereocenters. The first kappa shape index (κ1) is 18.9. The Morgan fingerprint density at radius 2 is 1.80 bits per heavy atom. The van der Waals surface area contributed by atoms with Crippen molar-refractivity contribution in [1.29, 1.82) is 0 Å². The minimum absolute atomic E-state index is 0.390. The number of benzene rings is 2. The van der Waals surface area contributed by atoms with Crippen LogP contribution in [-0.2, 0) is 9.53 Å². The molecule has 0 radical (unpaired) electrons. The molecule has 5 nitrogen and oxygen atoms in total. The number of thioether (sulfide) groups is 1. The zero-order chi connectivity index (χ0) is 18.2. The zero-order valence-corrected chi connectivity index (χ0v) is 15.3. The van der Waals surface area contributed by atoms with Crippen LogP contribution in [0.3, 0.4) is 0 Å². The van der Waals surface area contributed by atoms with Crippen molar-refractivity contribution in [3.8, 4) is 5.75 Å². The van der Waals surface area contributed by atoms with Crippen LogP contribution < -0.4 is 10.1 Å². The van der Waals surface area contributed by atoms with E-state index < -0.39 is 12.1 Å². The number of esters is 1. The molecule has 2 aromatic rings. The van der Waals surface area contributed by atoms with Crippen LogP contribution in [0.15, 0.2) is 53.4 Å². The number of ether oxygens (including phenoxy) is 2. The molecule has 0 aliphatic carbocycles. The molecule has 2 aromatic carbocycles. The van der Waals surface area contributed by atoms with E-state index in [4.69, 9.17) is 9.47 Å². The molecule has 0 saturated heterocycles. The van der Waals surface area contributed by atoms with Crippen molar-refractivity contribution in [1.82, 2.24) is 0 Å². The molecule has 1 amide bonds. The number of nitrogens with one attached hydrogen (secondary N) is 1. The molecule has 6 heteroatoms. The zero-order valence-electron chi connectivity index (χ0n) is 14.4. The van der Waals surface area contributed by atoms with Gasteiger partial charge in [0.15, 0.2) is 6.10 Å². The van der Waals surface area contributed by atoms with E-state index in [0.717, 1.165) is 10.6 Å². The summed E-state index contributed by atoms with van der Waals surface area (Å²) in [5.74, 6) is -0.174. The second-order valence-corrected chi connectivity index (χ2v) is 6.04. The van der Waals surface area contributed by atoms with E-state index in [2.05, 4.69) is 5.32 Å². The van der Waals surface area contributed by atoms with Crippen molar-refractivity contribution in [3.63, 3.8) is 0 Å². The second kappa shape index (κ2) is 9.13. The maximum Gasteiger partial charge on any atom is 0.340 e. The van der Waals surface area contributed by atoms with Crippen LogP contribution in [0.4, 0.5) is 5.69 Å². The van der Waals surface area contributed by atoms with Gasteiger partial charge >= 0.3 is 5.97 Å². The number of carbonyl (C=O) groups excluding carboxylic acids is 2. The Morgan fingerprint density at radius 1 is 1.12 bits per heavy atom. The lowest BCUT2D eigenvalue weighted by Crippen LogP contribution is -2.30. The van der Waals surface area contributed by atoms with Crippen molar-refractivity contribution in [2.24, 2.45) is 0 Å². The predicted octanol–water partition coefficient (Wildman–Crippen LogP) is 3.99. The van der Waals surface area contributed by atoms with Crippen LogP contribution >= 0.6 is 11.8 Å². The Hall–Kier alpha value is -2.47. The molecule has 2 rings (SSSR count). The Morgan fingerprint density at radius 3 is 2.44 bits per heavy atom. The molecule has 0 aliphatic rings. The van der Waals surface area contributed by atoms with Crippen molar-refractivity contribution in [2.75, 3.05) is 18.2 Å². The van der Waals surface area contributed by atoms with Crippen LogP contribution in [0.25, 0.3) is 0 Å². The summed E-state index contributed by atoms with van der Waals surface area (Å²) in [5, 5.41) is 2.72. The van der Waals surface area contributed by atoms with Crippen LogP contribution in [0.1, 0.15) is 24.2 Å². The highest BCUT2D eigenvalue weighted by atomic mass is 32.2. The highest BCUT2D eigenvalue weighted by Gasteiger charge is 2.20. The summed E-state index contributed by atoms with van der Waals surface area (Å²) in [5.41, 5.74) is 1.07. The number of anilines is 1. The Balaban J connectivity index is 1.96. The first-order valence-electron chi connectivity index (χ1n) is 7.93. The summed E-state index contributed by atoms with van der Waals surface area (Å²) in [6.07, 6.45) is 0.975. The van der Waals surface area contributed by atoms with Crippen LogP contribution in [-0.4, -0.2) is 30.8 Å². The van der Waals surface area contributed by atoms with E-state index >= 15 is 0 Å². The van der Waals surface area contributed by atoms with Gasteiger partial charge < -0.3 is 14.8 Å². The average molecular weight is 359 g/mol. The molecule has 0 saturated carbocycles. The summed E-state index contributed by atoms with van der Waals surface area (Å²) in [7, 11) is 0. The van der Waals surface area contributed by atoms with Crippen LogP contribution in [0.2, 0.25) is 0 Å². The maximum atomic E-state index is 12.3. The van der Waals surface area contributed by atoms with E-state index in [0.29, 0.717) is 17.9 Å². The molecule has 1 N–H and O–H groups in total. The number of hydrogen-bond donors (Lipinski definition) is 1. The topological polar surface area (TPSA) is 64.6 Å². The molecular formula is C19H21NO4S. The first-order valence-corrected chi connectivity index (χ1v) is 9.15. The molecule has 25 heavy (non-hydrogen) atoms. The van der Waals surface area contributed by atoms with Gasteiger partial charge in [-0.1, -0.05) is 12.1 Å². The van der Waals surface area contributed by atoms with Crippen molar-refractivity contribution < 1.29 is 19.1 Å². The van der Waals surface area contributed by atoms with Gasteiger partial charge in [0.25, 0.3) is 5.91 Å². The molecular weight excluding hydrogens is 338 g/mol. The first-order chi connectivity index (χ1) is 12.0. The van der Waals surface area contributed by atoms with Crippen molar-refractivity contribution in [2.45, 2.75) is 24.8 Å². The van der Waals surface area contributed by atoms with Gasteiger partial charge in [0.2, 0.25) is 0 Å². The van der Waals surface area contributed by atoms with Gasteiger partial charge in [0, 0.05) is 10.6 Å². The maximum absolute atomic E-state index is 12.3. The predicted molar refractivity (Wildman–Crippen MR) is 99.3 cm³/mol. The summed E-state index contributed by atoms with van der Waals surface area (Å²) in [6, 6.07) is 14.2. The lowest BCUT2D eigenvalue weighted by Gasteiger charge is -2.15. The fraction of sp³-hybridized carbons (Fsp3) is 0.263. The van der Waals surface area contributed by atoms with E-state index in [9.17, 15) is 9.59 Å². The molecule has 132 valence electrons. The Bertz CT molecular complexity index is 730. The SMILES string of the molecule is CCOc1ccc(NC(=O)[C@@H](C)OC(=O)c2ccccc2SC)cc1. The fourth-order valence-corrected chi connectivity index (χ4v) is 2.72. The van der Waals surface area contributed by atoms with E-state index in [1.807, 2.05) is 25.3 Å². The molecule has 0 aliphatic heterocycles. The van der Waals surface area contributed by atoms with Crippen molar-refractivity contribution >= 4 is 29.3 Å². The Kier molecular flexibility index (Phi) is 6.89. The monoisotopic (exact) mass is 359 g/mol. The highest BCUT2D eigenvalue weighted by Crippen LogP contribution is 2.21. The van der Waals surface area contributed by atoms with E-state index in [1.165, 1.54) is 11.8 Å². The summed E-state index contributed by atoms with van der Waals surface area (Å²) in [6.45, 7) is 4.03. The summed E-state index contributed by atoms with van der Waals surface area (Å²) < 4.78 is 10.6. The Labute approximate surface area is 151 Å². The smallest absolute Gasteiger partial charge is 0.340 e. The summed E-state index contributed by atoms with van der Waals surface area (Å²) in [4.78, 5) is 25.3. The molecule has 0 aromatic heterocycles. The van der Waals surface area contributed by atoms with Gasteiger partial charge in [-0.15, -0.1) is 11.8 Å². The van der Waals surface area contributed by atoms with Gasteiger partial charge in [-0.05, 0) is 56.5 Å². The van der Waals surface area contributed by atoms with Gasteiger partial charge in [-0.2, -0.15) is 0 Å². The van der Waals surface area contributed by atoms with E-state index in [-0.39, 0.29) is 5.91 Å². The van der Waals surface area contributed by atoms with E-state index in [1.54, 1.807) is 43.3 Å². The van der Waals surface area contributed by atoms with Gasteiger partial charge in [-0.3, -0.25) is 4.79 Å². The second-order valence-electron chi connectivity index (χ2n) is 5.19. The van der Waals surface area contributed by atoms with Gasteiger partial charge in [-0.25, -0.2) is 4.79 Å².